The van der Waals surface area contributed by atoms with Crippen LogP contribution >= 0.6 is 0 Å². The van der Waals surface area contributed by atoms with Crippen molar-refractivity contribution in [3.05, 3.63) is 12.2 Å². The van der Waals surface area contributed by atoms with Crippen molar-refractivity contribution in [2.75, 3.05) is 39.3 Å². The van der Waals surface area contributed by atoms with Gasteiger partial charge < -0.3 is 4.57 Å². The molecule has 1 aromatic heterocycles. The molecular formula is C16H28N6. The zero-order valence-corrected chi connectivity index (χ0v) is 13.9. The van der Waals surface area contributed by atoms with Gasteiger partial charge in [0.1, 0.15) is 12.2 Å². The molecule has 6 heteroatoms. The van der Waals surface area contributed by atoms with E-state index in [1.807, 2.05) is 6.33 Å². The summed E-state index contributed by atoms with van der Waals surface area (Å²) in [5.74, 6) is 1.16. The lowest BCUT2D eigenvalue weighted by Gasteiger charge is -2.48. The maximum Gasteiger partial charge on any atom is 0.147 e. The van der Waals surface area contributed by atoms with E-state index in [1.54, 1.807) is 0 Å². The molecule has 2 aliphatic heterocycles. The van der Waals surface area contributed by atoms with Crippen LogP contribution in [-0.4, -0.2) is 80.8 Å². The SMILES string of the molecule is CC(C)N1CCN(C2CN(Cc3nncn3C3CC3)C2)CC1. The molecule has 1 aliphatic carbocycles. The Labute approximate surface area is 133 Å². The van der Waals surface area contributed by atoms with Gasteiger partial charge in [-0.05, 0) is 26.7 Å². The molecule has 22 heavy (non-hydrogen) atoms. The van der Waals surface area contributed by atoms with Crippen molar-refractivity contribution in [3.8, 4) is 0 Å². The number of nitrogens with zero attached hydrogens (tertiary/aromatic N) is 6. The summed E-state index contributed by atoms with van der Waals surface area (Å²) in [6, 6.07) is 2.13. The molecule has 1 saturated carbocycles. The highest BCUT2D eigenvalue weighted by atomic mass is 15.4. The lowest BCUT2D eigenvalue weighted by atomic mass is 10.1. The van der Waals surface area contributed by atoms with Crippen LogP contribution < -0.4 is 0 Å². The van der Waals surface area contributed by atoms with Gasteiger partial charge in [0.15, 0.2) is 0 Å². The number of aromatic nitrogens is 3. The van der Waals surface area contributed by atoms with Gasteiger partial charge in [0, 0.05) is 57.4 Å². The highest BCUT2D eigenvalue weighted by Crippen LogP contribution is 2.35. The average molecular weight is 304 g/mol. The number of hydrogen-bond donors (Lipinski definition) is 0. The topological polar surface area (TPSA) is 40.4 Å². The molecular weight excluding hydrogens is 276 g/mol. The van der Waals surface area contributed by atoms with E-state index in [0.717, 1.165) is 18.4 Å². The minimum atomic E-state index is 0.686. The van der Waals surface area contributed by atoms with E-state index in [2.05, 4.69) is 43.3 Å². The predicted octanol–water partition coefficient (Wildman–Crippen LogP) is 0.823. The summed E-state index contributed by atoms with van der Waals surface area (Å²) in [6.07, 6.45) is 4.51. The van der Waals surface area contributed by atoms with Gasteiger partial charge in [0.25, 0.3) is 0 Å². The average Bonchev–Trinajstić information content (AvgIpc) is 3.22. The first-order valence-corrected chi connectivity index (χ1v) is 8.79. The molecule has 3 aliphatic rings. The van der Waals surface area contributed by atoms with Gasteiger partial charge in [0.05, 0.1) is 6.54 Å². The van der Waals surface area contributed by atoms with Crippen LogP contribution in [-0.2, 0) is 6.54 Å². The Kier molecular flexibility index (Phi) is 3.92. The second-order valence-corrected chi connectivity index (χ2v) is 7.40. The zero-order valence-electron chi connectivity index (χ0n) is 13.9. The zero-order chi connectivity index (χ0) is 15.1. The van der Waals surface area contributed by atoms with Gasteiger partial charge in [-0.3, -0.25) is 14.7 Å². The van der Waals surface area contributed by atoms with E-state index in [1.165, 1.54) is 52.1 Å². The molecule has 3 heterocycles. The van der Waals surface area contributed by atoms with Gasteiger partial charge >= 0.3 is 0 Å². The lowest BCUT2D eigenvalue weighted by Crippen LogP contribution is -2.63. The van der Waals surface area contributed by atoms with Crippen molar-refractivity contribution < 1.29 is 0 Å². The molecule has 0 unspecified atom stereocenters. The molecule has 122 valence electrons. The summed E-state index contributed by atoms with van der Waals surface area (Å²) < 4.78 is 2.29. The van der Waals surface area contributed by atoms with E-state index in [-0.39, 0.29) is 0 Å². The van der Waals surface area contributed by atoms with Crippen LogP contribution in [0.3, 0.4) is 0 Å². The molecule has 3 fully saturated rings. The summed E-state index contributed by atoms with van der Waals surface area (Å²) in [6.45, 7) is 12.9. The van der Waals surface area contributed by atoms with Crippen LogP contribution in [0.15, 0.2) is 6.33 Å². The minimum Gasteiger partial charge on any atom is -0.313 e. The fourth-order valence-corrected chi connectivity index (χ4v) is 3.76. The van der Waals surface area contributed by atoms with Crippen molar-refractivity contribution in [1.82, 2.24) is 29.5 Å². The molecule has 0 amide bonds. The number of hydrogen-bond acceptors (Lipinski definition) is 5. The monoisotopic (exact) mass is 304 g/mol. The van der Waals surface area contributed by atoms with Crippen LogP contribution in [0.1, 0.15) is 38.6 Å². The normalized spacial score (nSPS) is 25.8. The second kappa shape index (κ2) is 5.91. The van der Waals surface area contributed by atoms with Crippen LogP contribution in [0, 0.1) is 0 Å². The van der Waals surface area contributed by atoms with E-state index < -0.39 is 0 Å². The van der Waals surface area contributed by atoms with E-state index in [9.17, 15) is 0 Å². The summed E-state index contributed by atoms with van der Waals surface area (Å²) >= 11 is 0. The second-order valence-electron chi connectivity index (χ2n) is 7.40. The van der Waals surface area contributed by atoms with Crippen molar-refractivity contribution in [3.63, 3.8) is 0 Å². The van der Waals surface area contributed by atoms with Gasteiger partial charge in [-0.15, -0.1) is 10.2 Å². The number of piperazine rings is 1. The third kappa shape index (κ3) is 2.92. The van der Waals surface area contributed by atoms with Gasteiger partial charge in [0.2, 0.25) is 0 Å². The fraction of sp³-hybridized carbons (Fsp3) is 0.875. The van der Waals surface area contributed by atoms with Crippen LogP contribution in [0.4, 0.5) is 0 Å². The van der Waals surface area contributed by atoms with Gasteiger partial charge in [-0.1, -0.05) is 0 Å². The Morgan fingerprint density at radius 3 is 2.45 bits per heavy atom. The van der Waals surface area contributed by atoms with E-state index in [0.29, 0.717) is 12.1 Å². The first kappa shape index (κ1) is 14.6. The molecule has 0 bridgehead atoms. The number of rotatable bonds is 5. The van der Waals surface area contributed by atoms with Crippen molar-refractivity contribution in [2.24, 2.45) is 0 Å². The van der Waals surface area contributed by atoms with Crippen LogP contribution in [0.5, 0.6) is 0 Å². The summed E-state index contributed by atoms with van der Waals surface area (Å²) in [4.78, 5) is 7.79. The van der Waals surface area contributed by atoms with Crippen LogP contribution in [0.25, 0.3) is 0 Å². The van der Waals surface area contributed by atoms with Crippen molar-refractivity contribution >= 4 is 0 Å². The largest absolute Gasteiger partial charge is 0.313 e. The molecule has 0 N–H and O–H groups in total. The standard InChI is InChI=1S/C16H28N6/c1-13(2)20-5-7-21(8-6-20)15-9-19(10-15)11-16-18-17-12-22(16)14-3-4-14/h12-15H,3-11H2,1-2H3. The highest BCUT2D eigenvalue weighted by Gasteiger charge is 2.35. The first-order valence-electron chi connectivity index (χ1n) is 8.79. The molecule has 0 radical (unpaired) electrons. The molecule has 2 saturated heterocycles. The summed E-state index contributed by atoms with van der Waals surface area (Å²) in [5.41, 5.74) is 0. The van der Waals surface area contributed by atoms with Gasteiger partial charge in [-0.25, -0.2) is 0 Å². The summed E-state index contributed by atoms with van der Waals surface area (Å²) in [7, 11) is 0. The third-order valence-corrected chi connectivity index (χ3v) is 5.49. The minimum absolute atomic E-state index is 0.686. The third-order valence-electron chi connectivity index (χ3n) is 5.49. The maximum atomic E-state index is 4.32. The molecule has 0 spiro atoms. The fourth-order valence-electron chi connectivity index (χ4n) is 3.76. The predicted molar refractivity (Wildman–Crippen MR) is 85.6 cm³/mol. The van der Waals surface area contributed by atoms with Gasteiger partial charge in [-0.2, -0.15) is 0 Å². The Hall–Kier alpha value is -0.980. The highest BCUT2D eigenvalue weighted by molar-refractivity contribution is 4.98. The van der Waals surface area contributed by atoms with E-state index >= 15 is 0 Å². The molecule has 1 aromatic rings. The van der Waals surface area contributed by atoms with Crippen molar-refractivity contribution in [1.29, 1.82) is 0 Å². The Bertz CT molecular complexity index is 494. The van der Waals surface area contributed by atoms with Crippen molar-refractivity contribution in [2.45, 2.75) is 51.4 Å². The smallest absolute Gasteiger partial charge is 0.147 e. The first-order chi connectivity index (χ1) is 10.7. The quantitative estimate of drug-likeness (QED) is 0.806. The number of likely N-dealkylation sites (tertiary alicyclic amines) is 1. The Balaban J connectivity index is 1.24. The molecule has 0 atom stereocenters. The Morgan fingerprint density at radius 2 is 1.82 bits per heavy atom. The van der Waals surface area contributed by atoms with E-state index in [4.69, 9.17) is 0 Å². The molecule has 6 nitrogen and oxygen atoms in total. The lowest BCUT2D eigenvalue weighted by molar-refractivity contribution is -0.00559. The molecule has 0 aromatic carbocycles. The Morgan fingerprint density at radius 1 is 1.09 bits per heavy atom. The van der Waals surface area contributed by atoms with Crippen LogP contribution in [0.2, 0.25) is 0 Å². The maximum absolute atomic E-state index is 4.32. The molecule has 4 rings (SSSR count). The summed E-state index contributed by atoms with van der Waals surface area (Å²) in [5, 5.41) is 8.42.